The predicted molar refractivity (Wildman–Crippen MR) is 82.7 cm³/mol. The van der Waals surface area contributed by atoms with Crippen molar-refractivity contribution in [3.63, 3.8) is 0 Å². The number of aryl methyl sites for hydroxylation is 1. The smallest absolute Gasteiger partial charge is 0.0807 e. The molecule has 0 fully saturated rings. The molecule has 2 heteroatoms. The highest BCUT2D eigenvalue weighted by atomic mass is 16.5. The highest BCUT2D eigenvalue weighted by Crippen LogP contribution is 2.23. The van der Waals surface area contributed by atoms with E-state index in [1.807, 2.05) is 0 Å². The van der Waals surface area contributed by atoms with Gasteiger partial charge in [-0.1, -0.05) is 43.7 Å². The maximum absolute atomic E-state index is 6.03. The second-order valence-corrected chi connectivity index (χ2v) is 5.40. The summed E-state index contributed by atoms with van der Waals surface area (Å²) in [5.74, 6) is 0. The number of ether oxygens (including phenoxy) is 1. The largest absolute Gasteiger partial charge is 0.374 e. The maximum atomic E-state index is 6.03. The Balaban J connectivity index is 2.87. The molecule has 2 atom stereocenters. The summed E-state index contributed by atoms with van der Waals surface area (Å²) >= 11 is 0. The number of rotatable bonds is 8. The van der Waals surface area contributed by atoms with Crippen LogP contribution in [-0.2, 0) is 11.2 Å². The van der Waals surface area contributed by atoms with Gasteiger partial charge in [0.2, 0.25) is 0 Å². The second-order valence-electron chi connectivity index (χ2n) is 5.40. The van der Waals surface area contributed by atoms with Crippen LogP contribution in [0.5, 0.6) is 0 Å². The Labute approximate surface area is 118 Å². The fraction of sp³-hybridized carbons (Fsp3) is 0.647. The SMILES string of the molecule is CCNC(Cc1cccc(C)c1)C(C)(CC)OCC. The van der Waals surface area contributed by atoms with Gasteiger partial charge >= 0.3 is 0 Å². The molecule has 2 nitrogen and oxygen atoms in total. The summed E-state index contributed by atoms with van der Waals surface area (Å²) in [7, 11) is 0. The van der Waals surface area contributed by atoms with E-state index in [0.29, 0.717) is 6.04 Å². The zero-order chi connectivity index (χ0) is 14.3. The highest BCUT2D eigenvalue weighted by molar-refractivity contribution is 5.23. The van der Waals surface area contributed by atoms with Crippen LogP contribution in [0.4, 0.5) is 0 Å². The van der Waals surface area contributed by atoms with E-state index in [9.17, 15) is 0 Å². The molecule has 2 unspecified atom stereocenters. The normalized spacial score (nSPS) is 16.1. The van der Waals surface area contributed by atoms with Crippen molar-refractivity contribution in [2.24, 2.45) is 0 Å². The fourth-order valence-corrected chi connectivity index (χ4v) is 2.60. The van der Waals surface area contributed by atoms with Gasteiger partial charge in [0.1, 0.15) is 0 Å². The van der Waals surface area contributed by atoms with Crippen molar-refractivity contribution in [2.75, 3.05) is 13.2 Å². The van der Waals surface area contributed by atoms with E-state index in [0.717, 1.165) is 26.0 Å². The first-order chi connectivity index (χ1) is 9.05. The molecule has 108 valence electrons. The van der Waals surface area contributed by atoms with Crippen molar-refractivity contribution in [2.45, 2.75) is 59.1 Å². The van der Waals surface area contributed by atoms with Crippen LogP contribution in [0, 0.1) is 6.92 Å². The van der Waals surface area contributed by atoms with Gasteiger partial charge in [0.05, 0.1) is 5.60 Å². The monoisotopic (exact) mass is 263 g/mol. The zero-order valence-electron chi connectivity index (χ0n) is 13.1. The van der Waals surface area contributed by atoms with Crippen LogP contribution in [0.1, 0.15) is 45.2 Å². The lowest BCUT2D eigenvalue weighted by atomic mass is 9.88. The van der Waals surface area contributed by atoms with Gasteiger partial charge in [-0.25, -0.2) is 0 Å². The molecular weight excluding hydrogens is 234 g/mol. The lowest BCUT2D eigenvalue weighted by Crippen LogP contribution is -2.51. The van der Waals surface area contributed by atoms with Crippen molar-refractivity contribution in [3.05, 3.63) is 35.4 Å². The Morgan fingerprint density at radius 2 is 2.00 bits per heavy atom. The van der Waals surface area contributed by atoms with Gasteiger partial charge in [-0.3, -0.25) is 0 Å². The van der Waals surface area contributed by atoms with E-state index < -0.39 is 0 Å². The molecule has 0 radical (unpaired) electrons. The van der Waals surface area contributed by atoms with Crippen LogP contribution in [-0.4, -0.2) is 24.8 Å². The molecule has 1 aromatic rings. The van der Waals surface area contributed by atoms with E-state index in [4.69, 9.17) is 4.74 Å². The third-order valence-corrected chi connectivity index (χ3v) is 3.89. The quantitative estimate of drug-likeness (QED) is 0.772. The zero-order valence-corrected chi connectivity index (χ0v) is 13.1. The van der Waals surface area contributed by atoms with Crippen LogP contribution in [0.2, 0.25) is 0 Å². The van der Waals surface area contributed by atoms with Gasteiger partial charge in [-0.2, -0.15) is 0 Å². The Morgan fingerprint density at radius 3 is 2.53 bits per heavy atom. The standard InChI is InChI=1S/C17H29NO/c1-6-17(5,19-8-3)16(18-7-2)13-15-11-9-10-14(4)12-15/h9-12,16,18H,6-8,13H2,1-5H3. The first-order valence-electron chi connectivity index (χ1n) is 7.48. The summed E-state index contributed by atoms with van der Waals surface area (Å²) in [6.07, 6.45) is 2.03. The summed E-state index contributed by atoms with van der Waals surface area (Å²) in [6.45, 7) is 12.5. The number of nitrogens with one attached hydrogen (secondary N) is 1. The van der Waals surface area contributed by atoms with E-state index in [1.165, 1.54) is 11.1 Å². The average Bonchev–Trinajstić information content (AvgIpc) is 2.38. The Morgan fingerprint density at radius 1 is 1.26 bits per heavy atom. The molecule has 0 saturated carbocycles. The van der Waals surface area contributed by atoms with E-state index in [1.54, 1.807) is 0 Å². The maximum Gasteiger partial charge on any atom is 0.0807 e. The summed E-state index contributed by atoms with van der Waals surface area (Å²) in [5, 5.41) is 3.60. The molecular formula is C17H29NO. The first-order valence-corrected chi connectivity index (χ1v) is 7.48. The molecule has 1 N–H and O–H groups in total. The van der Waals surface area contributed by atoms with Gasteiger partial charge in [0.25, 0.3) is 0 Å². The van der Waals surface area contributed by atoms with Crippen LogP contribution in [0.25, 0.3) is 0 Å². The average molecular weight is 263 g/mol. The molecule has 0 spiro atoms. The second kappa shape index (κ2) is 7.66. The number of hydrogen-bond acceptors (Lipinski definition) is 2. The third kappa shape index (κ3) is 4.63. The molecule has 0 aliphatic rings. The van der Waals surface area contributed by atoms with Crippen LogP contribution < -0.4 is 5.32 Å². The first kappa shape index (κ1) is 16.2. The molecule has 1 rings (SSSR count). The minimum atomic E-state index is -0.103. The fourth-order valence-electron chi connectivity index (χ4n) is 2.60. The van der Waals surface area contributed by atoms with Crippen molar-refractivity contribution in [3.8, 4) is 0 Å². The van der Waals surface area contributed by atoms with Gasteiger partial charge in [0, 0.05) is 12.6 Å². The summed E-state index contributed by atoms with van der Waals surface area (Å²) < 4.78 is 6.03. The van der Waals surface area contributed by atoms with Crippen LogP contribution in [0.3, 0.4) is 0 Å². The van der Waals surface area contributed by atoms with Gasteiger partial charge in [-0.15, -0.1) is 0 Å². The van der Waals surface area contributed by atoms with Gasteiger partial charge in [0.15, 0.2) is 0 Å². The molecule has 0 aliphatic carbocycles. The van der Waals surface area contributed by atoms with Crippen LogP contribution in [0.15, 0.2) is 24.3 Å². The lowest BCUT2D eigenvalue weighted by molar-refractivity contribution is -0.0546. The third-order valence-electron chi connectivity index (χ3n) is 3.89. The molecule has 1 aromatic carbocycles. The summed E-state index contributed by atoms with van der Waals surface area (Å²) in [6, 6.07) is 9.11. The van der Waals surface area contributed by atoms with E-state index in [2.05, 4.69) is 64.2 Å². The van der Waals surface area contributed by atoms with E-state index >= 15 is 0 Å². The van der Waals surface area contributed by atoms with E-state index in [-0.39, 0.29) is 5.60 Å². The molecule has 0 saturated heterocycles. The number of benzene rings is 1. The molecule has 0 aromatic heterocycles. The van der Waals surface area contributed by atoms with Crippen molar-refractivity contribution in [1.82, 2.24) is 5.32 Å². The number of likely N-dealkylation sites (N-methyl/N-ethyl adjacent to an activating group) is 1. The molecule has 19 heavy (non-hydrogen) atoms. The van der Waals surface area contributed by atoms with Crippen LogP contribution >= 0.6 is 0 Å². The van der Waals surface area contributed by atoms with Crippen molar-refractivity contribution in [1.29, 1.82) is 0 Å². The van der Waals surface area contributed by atoms with Gasteiger partial charge < -0.3 is 10.1 Å². The Bertz CT molecular complexity index is 377. The summed E-state index contributed by atoms with van der Waals surface area (Å²) in [4.78, 5) is 0. The molecule has 0 amide bonds. The summed E-state index contributed by atoms with van der Waals surface area (Å²) in [5.41, 5.74) is 2.60. The highest BCUT2D eigenvalue weighted by Gasteiger charge is 2.32. The predicted octanol–water partition coefficient (Wildman–Crippen LogP) is 3.72. The molecule has 0 bridgehead atoms. The topological polar surface area (TPSA) is 21.3 Å². The Kier molecular flexibility index (Phi) is 6.53. The van der Waals surface area contributed by atoms with Crippen molar-refractivity contribution >= 4 is 0 Å². The minimum absolute atomic E-state index is 0.103. The molecule has 0 aliphatic heterocycles. The minimum Gasteiger partial charge on any atom is -0.374 e. The van der Waals surface area contributed by atoms with Gasteiger partial charge in [-0.05, 0) is 45.7 Å². The molecule has 0 heterocycles. The lowest BCUT2D eigenvalue weighted by Gasteiger charge is -2.37. The Hall–Kier alpha value is -0.860. The van der Waals surface area contributed by atoms with Crippen molar-refractivity contribution < 1.29 is 4.74 Å². The number of hydrogen-bond donors (Lipinski definition) is 1.